The van der Waals surface area contributed by atoms with E-state index in [4.69, 9.17) is 0 Å². The number of carbonyl (C=O) groups excluding carboxylic acids is 1. The molecule has 0 saturated heterocycles. The van der Waals surface area contributed by atoms with E-state index in [1.165, 1.54) is 13.1 Å². The number of amides is 1. The number of benzene rings is 1. The van der Waals surface area contributed by atoms with Gasteiger partial charge in [-0.25, -0.2) is 9.78 Å². The minimum atomic E-state index is -0.973. The van der Waals surface area contributed by atoms with Gasteiger partial charge in [-0.05, 0) is 42.5 Å². The van der Waals surface area contributed by atoms with Gasteiger partial charge in [-0.3, -0.25) is 4.79 Å². The van der Waals surface area contributed by atoms with Crippen LogP contribution in [0.1, 0.15) is 47.4 Å². The quantitative estimate of drug-likeness (QED) is 0.912. The molecule has 1 amide bonds. The number of hydrogen-bond donors (Lipinski definition) is 2. The lowest BCUT2D eigenvalue weighted by atomic mass is 9.87. The van der Waals surface area contributed by atoms with Crippen LogP contribution in [0.25, 0.3) is 0 Å². The maximum absolute atomic E-state index is 11.3. The topological polar surface area (TPSA) is 84.2 Å². The van der Waals surface area contributed by atoms with E-state index in [1.54, 1.807) is 10.9 Å². The third kappa shape index (κ3) is 2.59. The van der Waals surface area contributed by atoms with Crippen molar-refractivity contribution in [2.24, 2.45) is 0 Å². The molecule has 0 spiro atoms. The van der Waals surface area contributed by atoms with Crippen molar-refractivity contribution in [3.63, 3.8) is 0 Å². The molecule has 0 saturated carbocycles. The average molecular weight is 299 g/mol. The Labute approximate surface area is 127 Å². The predicted molar refractivity (Wildman–Crippen MR) is 81.0 cm³/mol. The summed E-state index contributed by atoms with van der Waals surface area (Å²) in [5, 5.41) is 12.1. The predicted octanol–water partition coefficient (Wildman–Crippen LogP) is 2.47. The molecule has 2 aromatic rings. The largest absolute Gasteiger partial charge is 0.477 e. The maximum Gasteiger partial charge on any atom is 0.354 e. The Kier molecular flexibility index (Phi) is 3.66. The second kappa shape index (κ2) is 5.63. The molecule has 114 valence electrons. The second-order valence-electron chi connectivity index (χ2n) is 5.49. The van der Waals surface area contributed by atoms with Crippen LogP contribution >= 0.6 is 0 Å². The Morgan fingerprint density at radius 1 is 1.41 bits per heavy atom. The van der Waals surface area contributed by atoms with E-state index < -0.39 is 5.97 Å². The first-order chi connectivity index (χ1) is 10.6. The average Bonchev–Trinajstić information content (AvgIpc) is 2.95. The summed E-state index contributed by atoms with van der Waals surface area (Å²) in [5.41, 5.74) is 3.22. The third-order valence-electron chi connectivity index (χ3n) is 3.97. The van der Waals surface area contributed by atoms with Crippen LogP contribution in [0.3, 0.4) is 0 Å². The van der Waals surface area contributed by atoms with Crippen LogP contribution in [0.15, 0.2) is 30.7 Å². The molecule has 1 aromatic carbocycles. The number of imidazole rings is 1. The number of carboxylic acids is 1. The summed E-state index contributed by atoms with van der Waals surface area (Å²) in [4.78, 5) is 26.4. The van der Waals surface area contributed by atoms with Crippen molar-refractivity contribution in [2.75, 3.05) is 5.32 Å². The molecule has 0 radical (unpaired) electrons. The lowest BCUT2D eigenvalue weighted by Crippen LogP contribution is -2.20. The number of aromatic carboxylic acids is 1. The molecular formula is C16H17N3O3. The van der Waals surface area contributed by atoms with Gasteiger partial charge in [-0.2, -0.15) is 0 Å². The zero-order valence-corrected chi connectivity index (χ0v) is 12.2. The first-order valence-electron chi connectivity index (χ1n) is 7.22. The van der Waals surface area contributed by atoms with Gasteiger partial charge in [0.15, 0.2) is 0 Å². The number of aromatic nitrogens is 2. The fraction of sp³-hybridized carbons (Fsp3) is 0.312. The first kappa shape index (κ1) is 14.3. The van der Waals surface area contributed by atoms with Crippen LogP contribution in [-0.2, 0) is 11.2 Å². The van der Waals surface area contributed by atoms with Crippen LogP contribution in [0, 0.1) is 0 Å². The highest BCUT2D eigenvalue weighted by Gasteiger charge is 2.25. The van der Waals surface area contributed by atoms with Crippen LogP contribution in [0.2, 0.25) is 0 Å². The van der Waals surface area contributed by atoms with Crippen LogP contribution in [-0.4, -0.2) is 26.5 Å². The van der Waals surface area contributed by atoms with Gasteiger partial charge in [-0.15, -0.1) is 0 Å². The van der Waals surface area contributed by atoms with Gasteiger partial charge >= 0.3 is 5.97 Å². The van der Waals surface area contributed by atoms with Crippen molar-refractivity contribution in [1.29, 1.82) is 0 Å². The van der Waals surface area contributed by atoms with E-state index in [0.717, 1.165) is 36.1 Å². The minimum absolute atomic E-state index is 0.0243. The van der Waals surface area contributed by atoms with Crippen LogP contribution < -0.4 is 5.32 Å². The fourth-order valence-electron chi connectivity index (χ4n) is 3.08. The summed E-state index contributed by atoms with van der Waals surface area (Å²) in [6, 6.07) is 5.77. The Hall–Kier alpha value is -2.63. The fourth-order valence-corrected chi connectivity index (χ4v) is 3.08. The number of hydrogen-bond acceptors (Lipinski definition) is 3. The van der Waals surface area contributed by atoms with E-state index in [2.05, 4.69) is 10.3 Å². The summed E-state index contributed by atoms with van der Waals surface area (Å²) in [6.45, 7) is 1.48. The highest BCUT2D eigenvalue weighted by atomic mass is 16.4. The van der Waals surface area contributed by atoms with Crippen molar-refractivity contribution >= 4 is 17.6 Å². The van der Waals surface area contributed by atoms with Crippen molar-refractivity contribution in [3.8, 4) is 0 Å². The van der Waals surface area contributed by atoms with Gasteiger partial charge in [0.1, 0.15) is 5.69 Å². The van der Waals surface area contributed by atoms with Gasteiger partial charge in [0.25, 0.3) is 0 Å². The number of nitrogens with one attached hydrogen (secondary N) is 1. The first-order valence-corrected chi connectivity index (χ1v) is 7.22. The van der Waals surface area contributed by atoms with E-state index in [1.807, 2.05) is 18.2 Å². The summed E-state index contributed by atoms with van der Waals surface area (Å²) in [7, 11) is 0. The summed E-state index contributed by atoms with van der Waals surface area (Å²) >= 11 is 0. The smallest absolute Gasteiger partial charge is 0.354 e. The molecule has 1 atom stereocenters. The molecule has 1 aliphatic rings. The Bertz CT molecular complexity index is 736. The molecule has 3 rings (SSSR count). The minimum Gasteiger partial charge on any atom is -0.477 e. The standard InChI is InChI=1S/C16H17N3O3/c1-10(20)18-12-5-6-13-11(7-12)3-2-4-14(13)19-9-17-8-15(19)16(21)22/h5-9,14H,2-4H2,1H3,(H,18,20)(H,21,22). The SMILES string of the molecule is CC(=O)Nc1ccc2c(c1)CCCC2n1cncc1C(=O)O. The molecule has 1 aromatic heterocycles. The molecule has 1 unspecified atom stereocenters. The Morgan fingerprint density at radius 2 is 2.23 bits per heavy atom. The zero-order valence-electron chi connectivity index (χ0n) is 12.2. The summed E-state index contributed by atoms with van der Waals surface area (Å²) < 4.78 is 1.72. The zero-order chi connectivity index (χ0) is 15.7. The van der Waals surface area contributed by atoms with Crippen LogP contribution in [0.4, 0.5) is 5.69 Å². The van der Waals surface area contributed by atoms with Crippen molar-refractivity contribution in [2.45, 2.75) is 32.2 Å². The van der Waals surface area contributed by atoms with Gasteiger partial charge in [0.05, 0.1) is 18.6 Å². The number of anilines is 1. The summed E-state index contributed by atoms with van der Waals surface area (Å²) in [6.07, 6.45) is 5.73. The van der Waals surface area contributed by atoms with Gasteiger partial charge in [0, 0.05) is 12.6 Å². The highest BCUT2D eigenvalue weighted by Crippen LogP contribution is 2.35. The molecular weight excluding hydrogens is 282 g/mol. The number of fused-ring (bicyclic) bond motifs is 1. The second-order valence-corrected chi connectivity index (χ2v) is 5.49. The number of nitrogens with zero attached hydrogens (tertiary/aromatic N) is 2. The van der Waals surface area contributed by atoms with E-state index in [-0.39, 0.29) is 17.6 Å². The monoisotopic (exact) mass is 299 g/mol. The molecule has 22 heavy (non-hydrogen) atoms. The van der Waals surface area contributed by atoms with E-state index in [0.29, 0.717) is 0 Å². The van der Waals surface area contributed by atoms with Gasteiger partial charge in [-0.1, -0.05) is 6.07 Å². The number of rotatable bonds is 3. The molecule has 0 aliphatic heterocycles. The van der Waals surface area contributed by atoms with Crippen molar-refractivity contribution in [1.82, 2.24) is 9.55 Å². The Balaban J connectivity index is 1.99. The van der Waals surface area contributed by atoms with Crippen molar-refractivity contribution < 1.29 is 14.7 Å². The Morgan fingerprint density at radius 3 is 2.95 bits per heavy atom. The van der Waals surface area contributed by atoms with E-state index >= 15 is 0 Å². The molecule has 1 aliphatic carbocycles. The lowest BCUT2D eigenvalue weighted by Gasteiger charge is -2.28. The number of aryl methyl sites for hydroxylation is 1. The summed E-state index contributed by atoms with van der Waals surface area (Å²) in [5.74, 6) is -1.07. The van der Waals surface area contributed by atoms with E-state index in [9.17, 15) is 14.7 Å². The lowest BCUT2D eigenvalue weighted by molar-refractivity contribution is -0.114. The molecule has 1 heterocycles. The normalized spacial score (nSPS) is 16.9. The van der Waals surface area contributed by atoms with Gasteiger partial charge in [0.2, 0.25) is 5.91 Å². The molecule has 6 heteroatoms. The maximum atomic E-state index is 11.3. The van der Waals surface area contributed by atoms with Crippen LogP contribution in [0.5, 0.6) is 0 Å². The number of carbonyl (C=O) groups is 2. The molecule has 0 bridgehead atoms. The molecule has 6 nitrogen and oxygen atoms in total. The molecule has 0 fully saturated rings. The number of carboxylic acid groups (broad SMARTS) is 1. The third-order valence-corrected chi connectivity index (χ3v) is 3.97. The highest BCUT2D eigenvalue weighted by molar-refractivity contribution is 5.88. The van der Waals surface area contributed by atoms with Crippen molar-refractivity contribution in [3.05, 3.63) is 47.5 Å². The molecule has 2 N–H and O–H groups in total. The van der Waals surface area contributed by atoms with Gasteiger partial charge < -0.3 is 15.0 Å².